The molecular weight excluding hydrogens is 370 g/mol. The Kier molecular flexibility index (Phi) is 5.09. The molecule has 0 bridgehead atoms. The molecule has 1 fully saturated rings. The summed E-state index contributed by atoms with van der Waals surface area (Å²) in [6.07, 6.45) is 2.00. The van der Waals surface area contributed by atoms with Gasteiger partial charge >= 0.3 is 0 Å². The quantitative estimate of drug-likeness (QED) is 0.775. The second-order valence-corrected chi connectivity index (χ2v) is 6.63. The van der Waals surface area contributed by atoms with Gasteiger partial charge in [0.2, 0.25) is 0 Å². The second kappa shape index (κ2) is 7.26. The van der Waals surface area contributed by atoms with Gasteiger partial charge in [-0.1, -0.05) is 12.1 Å². The number of hydrogen-bond donors (Lipinski definition) is 0. The highest BCUT2D eigenvalue weighted by molar-refractivity contribution is 9.10. The lowest BCUT2D eigenvalue weighted by Gasteiger charge is -2.25. The predicted octanol–water partition coefficient (Wildman–Crippen LogP) is 4.44. The van der Waals surface area contributed by atoms with E-state index in [1.807, 2.05) is 47.4 Å². The highest BCUT2D eigenvalue weighted by atomic mass is 79.9. The van der Waals surface area contributed by atoms with Gasteiger partial charge in [-0.25, -0.2) is 0 Å². The molecule has 4 nitrogen and oxygen atoms in total. The molecular formula is C19H20BrNO3. The minimum atomic E-state index is 0.0525. The van der Waals surface area contributed by atoms with Crippen LogP contribution in [0.5, 0.6) is 11.5 Å². The van der Waals surface area contributed by atoms with Crippen LogP contribution in [-0.2, 0) is 0 Å². The summed E-state index contributed by atoms with van der Waals surface area (Å²) in [5.41, 5.74) is 1.82. The molecule has 126 valence electrons. The average molecular weight is 390 g/mol. The number of rotatable bonds is 4. The van der Waals surface area contributed by atoms with Crippen molar-refractivity contribution in [3.8, 4) is 11.5 Å². The van der Waals surface area contributed by atoms with Gasteiger partial charge in [0.25, 0.3) is 5.91 Å². The number of methoxy groups -OCH3 is 2. The van der Waals surface area contributed by atoms with Crippen LogP contribution < -0.4 is 9.47 Å². The van der Waals surface area contributed by atoms with Crippen molar-refractivity contribution in [2.24, 2.45) is 0 Å². The summed E-state index contributed by atoms with van der Waals surface area (Å²) in [6, 6.07) is 13.5. The molecule has 0 spiro atoms. The van der Waals surface area contributed by atoms with E-state index in [9.17, 15) is 4.79 Å². The van der Waals surface area contributed by atoms with Crippen molar-refractivity contribution in [1.82, 2.24) is 4.90 Å². The minimum Gasteiger partial charge on any atom is -0.497 e. The van der Waals surface area contributed by atoms with E-state index in [0.29, 0.717) is 5.56 Å². The van der Waals surface area contributed by atoms with Crippen molar-refractivity contribution < 1.29 is 14.3 Å². The maximum atomic E-state index is 12.9. The topological polar surface area (TPSA) is 38.8 Å². The monoisotopic (exact) mass is 389 g/mol. The molecule has 2 aromatic rings. The first-order valence-electron chi connectivity index (χ1n) is 7.92. The number of nitrogens with zero attached hydrogens (tertiary/aromatic N) is 1. The summed E-state index contributed by atoms with van der Waals surface area (Å²) < 4.78 is 11.2. The Morgan fingerprint density at radius 3 is 2.50 bits per heavy atom. The number of halogens is 1. The van der Waals surface area contributed by atoms with Crippen LogP contribution >= 0.6 is 15.9 Å². The Hall–Kier alpha value is -2.01. The van der Waals surface area contributed by atoms with Crippen LogP contribution in [0.25, 0.3) is 0 Å². The van der Waals surface area contributed by atoms with E-state index in [-0.39, 0.29) is 11.9 Å². The average Bonchev–Trinajstić information content (AvgIpc) is 3.10. The maximum absolute atomic E-state index is 12.9. The number of ether oxygens (including phenoxy) is 2. The Morgan fingerprint density at radius 1 is 1.12 bits per heavy atom. The van der Waals surface area contributed by atoms with E-state index in [1.165, 1.54) is 0 Å². The Morgan fingerprint density at radius 2 is 1.88 bits per heavy atom. The zero-order valence-electron chi connectivity index (χ0n) is 13.8. The van der Waals surface area contributed by atoms with E-state index in [1.54, 1.807) is 14.2 Å². The normalized spacial score (nSPS) is 17.0. The van der Waals surface area contributed by atoms with Crippen LogP contribution in [0.4, 0.5) is 0 Å². The summed E-state index contributed by atoms with van der Waals surface area (Å²) in [5.74, 6) is 1.60. The minimum absolute atomic E-state index is 0.0525. The third-order valence-corrected chi connectivity index (χ3v) is 5.03. The van der Waals surface area contributed by atoms with E-state index in [2.05, 4.69) is 15.9 Å². The van der Waals surface area contributed by atoms with Gasteiger partial charge in [0, 0.05) is 12.1 Å². The molecule has 1 aliphatic heterocycles. The van der Waals surface area contributed by atoms with Crippen LogP contribution in [0.1, 0.15) is 34.8 Å². The van der Waals surface area contributed by atoms with Gasteiger partial charge in [0.1, 0.15) is 11.5 Å². The highest BCUT2D eigenvalue weighted by Gasteiger charge is 2.30. The number of hydrogen-bond acceptors (Lipinski definition) is 3. The van der Waals surface area contributed by atoms with Crippen molar-refractivity contribution in [2.45, 2.75) is 18.9 Å². The van der Waals surface area contributed by atoms with Crippen molar-refractivity contribution in [3.63, 3.8) is 0 Å². The fraction of sp³-hybridized carbons (Fsp3) is 0.316. The summed E-state index contributed by atoms with van der Waals surface area (Å²) in [6.45, 7) is 0.777. The summed E-state index contributed by atoms with van der Waals surface area (Å²) in [7, 11) is 3.27. The molecule has 0 saturated carbocycles. The molecule has 0 aromatic heterocycles. The fourth-order valence-corrected chi connectivity index (χ4v) is 3.69. The van der Waals surface area contributed by atoms with Gasteiger partial charge in [0.05, 0.1) is 24.7 Å². The van der Waals surface area contributed by atoms with Crippen LogP contribution in [0.3, 0.4) is 0 Å². The first kappa shape index (κ1) is 16.8. The summed E-state index contributed by atoms with van der Waals surface area (Å²) in [4.78, 5) is 14.9. The number of carbonyl (C=O) groups excluding carboxylic acids is 1. The molecule has 0 radical (unpaired) electrons. The molecule has 3 rings (SSSR count). The van der Waals surface area contributed by atoms with Crippen molar-refractivity contribution in [1.29, 1.82) is 0 Å². The molecule has 1 unspecified atom stereocenters. The van der Waals surface area contributed by atoms with Crippen molar-refractivity contribution in [3.05, 3.63) is 58.1 Å². The number of amides is 1. The fourth-order valence-electron chi connectivity index (χ4n) is 3.15. The molecule has 2 aromatic carbocycles. The van der Waals surface area contributed by atoms with Gasteiger partial charge in [-0.05, 0) is 64.7 Å². The molecule has 1 atom stereocenters. The third kappa shape index (κ3) is 3.26. The lowest BCUT2D eigenvalue weighted by molar-refractivity contribution is 0.0735. The van der Waals surface area contributed by atoms with Crippen LogP contribution in [0.15, 0.2) is 46.9 Å². The van der Waals surface area contributed by atoms with Gasteiger partial charge in [-0.2, -0.15) is 0 Å². The number of benzene rings is 2. The van der Waals surface area contributed by atoms with Gasteiger partial charge < -0.3 is 14.4 Å². The molecule has 1 aliphatic rings. The predicted molar refractivity (Wildman–Crippen MR) is 96.7 cm³/mol. The Balaban J connectivity index is 1.84. The Labute approximate surface area is 150 Å². The number of carbonyl (C=O) groups is 1. The number of likely N-dealkylation sites (tertiary alicyclic amines) is 1. The van der Waals surface area contributed by atoms with Gasteiger partial charge in [-0.15, -0.1) is 0 Å². The molecule has 1 heterocycles. The molecule has 0 N–H and O–H groups in total. The van der Waals surface area contributed by atoms with Crippen LogP contribution in [0, 0.1) is 0 Å². The van der Waals surface area contributed by atoms with Crippen LogP contribution in [-0.4, -0.2) is 31.6 Å². The van der Waals surface area contributed by atoms with E-state index in [4.69, 9.17) is 9.47 Å². The highest BCUT2D eigenvalue weighted by Crippen LogP contribution is 2.35. The first-order valence-corrected chi connectivity index (χ1v) is 8.72. The second-order valence-electron chi connectivity index (χ2n) is 5.78. The lowest BCUT2D eigenvalue weighted by atomic mass is 10.0. The van der Waals surface area contributed by atoms with Gasteiger partial charge in [-0.3, -0.25) is 4.79 Å². The maximum Gasteiger partial charge on any atom is 0.254 e. The zero-order chi connectivity index (χ0) is 17.1. The van der Waals surface area contributed by atoms with E-state index < -0.39 is 0 Å². The third-order valence-electron chi connectivity index (χ3n) is 4.41. The van der Waals surface area contributed by atoms with Crippen molar-refractivity contribution >= 4 is 21.8 Å². The molecule has 5 heteroatoms. The summed E-state index contributed by atoms with van der Waals surface area (Å²) >= 11 is 3.45. The first-order chi connectivity index (χ1) is 11.6. The molecule has 24 heavy (non-hydrogen) atoms. The van der Waals surface area contributed by atoms with Gasteiger partial charge in [0.15, 0.2) is 0 Å². The SMILES string of the molecule is COc1ccc(C2CCCN2C(=O)c2ccc(OC)c(Br)c2)cc1. The summed E-state index contributed by atoms with van der Waals surface area (Å²) in [5, 5.41) is 0. The molecule has 0 aliphatic carbocycles. The molecule has 1 saturated heterocycles. The van der Waals surface area contributed by atoms with E-state index >= 15 is 0 Å². The largest absolute Gasteiger partial charge is 0.497 e. The standard InChI is InChI=1S/C19H20BrNO3/c1-23-15-8-5-13(6-9-15)17-4-3-11-21(17)19(22)14-7-10-18(24-2)16(20)12-14/h5-10,12,17H,3-4,11H2,1-2H3. The molecule has 1 amide bonds. The Bertz CT molecular complexity index is 730. The lowest BCUT2D eigenvalue weighted by Crippen LogP contribution is -2.30. The smallest absolute Gasteiger partial charge is 0.254 e. The van der Waals surface area contributed by atoms with Crippen LogP contribution in [0.2, 0.25) is 0 Å². The zero-order valence-corrected chi connectivity index (χ0v) is 15.4. The van der Waals surface area contributed by atoms with Crippen molar-refractivity contribution in [2.75, 3.05) is 20.8 Å². The van der Waals surface area contributed by atoms with E-state index in [0.717, 1.165) is 40.9 Å².